The van der Waals surface area contributed by atoms with Gasteiger partial charge in [-0.2, -0.15) is 18.3 Å². The maximum Gasteiger partial charge on any atom is 0.418 e. The largest absolute Gasteiger partial charge is 0.418 e. The first-order valence-corrected chi connectivity index (χ1v) is 6.06. The predicted molar refractivity (Wildman–Crippen MR) is 72.0 cm³/mol. The third-order valence-electron chi connectivity index (χ3n) is 2.74. The molecule has 1 amide bonds. The molecule has 0 aliphatic heterocycles. The summed E-state index contributed by atoms with van der Waals surface area (Å²) in [6.07, 6.45) is -4.55. The topological polar surface area (TPSA) is 76.0 Å². The van der Waals surface area contributed by atoms with Crippen molar-refractivity contribution in [1.29, 1.82) is 0 Å². The van der Waals surface area contributed by atoms with Crippen LogP contribution in [0.15, 0.2) is 41.2 Å². The molecule has 1 heterocycles. The van der Waals surface area contributed by atoms with Crippen molar-refractivity contribution in [2.24, 2.45) is 7.05 Å². The molecule has 0 aliphatic carbocycles. The van der Waals surface area contributed by atoms with E-state index in [1.54, 1.807) is 0 Å². The Morgan fingerprint density at radius 2 is 1.86 bits per heavy atom. The Bertz CT molecular complexity index is 755. The lowest BCUT2D eigenvalue weighted by Crippen LogP contribution is -2.33. The lowest BCUT2D eigenvalue weighted by atomic mass is 10.2. The summed E-state index contributed by atoms with van der Waals surface area (Å²) >= 11 is 0. The summed E-state index contributed by atoms with van der Waals surface area (Å²) in [5.74, 6) is -0.771. The second-order valence-corrected chi connectivity index (χ2v) is 4.30. The van der Waals surface area contributed by atoms with Crippen LogP contribution < -0.4 is 16.4 Å². The molecule has 2 aromatic rings. The standard InChI is InChI=1S/C13H11F3N4O2/c1-20-11(21)7-6-10(19-20)12(22)18-17-9-5-3-2-4-8(9)13(14,15)16/h2-7,17H,1H3,(H,18,22). The molecular weight excluding hydrogens is 301 g/mol. The lowest BCUT2D eigenvalue weighted by molar-refractivity contribution is -0.137. The molecule has 116 valence electrons. The zero-order chi connectivity index (χ0) is 16.3. The number of amides is 1. The SMILES string of the molecule is Cn1nc(C(=O)NNc2ccccc2C(F)(F)F)ccc1=O. The first-order valence-electron chi connectivity index (χ1n) is 6.06. The lowest BCUT2D eigenvalue weighted by Gasteiger charge is -2.14. The maximum absolute atomic E-state index is 12.8. The van der Waals surface area contributed by atoms with Crippen molar-refractivity contribution in [3.05, 3.63) is 58.0 Å². The van der Waals surface area contributed by atoms with E-state index in [0.717, 1.165) is 16.8 Å². The highest BCUT2D eigenvalue weighted by molar-refractivity contribution is 5.92. The predicted octanol–water partition coefficient (Wildman–Crippen LogP) is 1.56. The van der Waals surface area contributed by atoms with Gasteiger partial charge >= 0.3 is 6.18 Å². The van der Waals surface area contributed by atoms with E-state index in [1.807, 2.05) is 0 Å². The van der Waals surface area contributed by atoms with Crippen LogP contribution in [0.4, 0.5) is 18.9 Å². The Morgan fingerprint density at radius 3 is 2.50 bits per heavy atom. The fourth-order valence-electron chi connectivity index (χ4n) is 1.65. The van der Waals surface area contributed by atoms with Crippen LogP contribution in [0.1, 0.15) is 16.1 Å². The zero-order valence-electron chi connectivity index (χ0n) is 11.3. The van der Waals surface area contributed by atoms with Gasteiger partial charge in [0, 0.05) is 13.1 Å². The van der Waals surface area contributed by atoms with Crippen LogP contribution in [0.2, 0.25) is 0 Å². The van der Waals surface area contributed by atoms with E-state index in [2.05, 4.69) is 16.0 Å². The number of alkyl halides is 3. The molecule has 2 N–H and O–H groups in total. The Kier molecular flexibility index (Phi) is 4.15. The Labute approximate surface area is 122 Å². The molecule has 22 heavy (non-hydrogen) atoms. The Morgan fingerprint density at radius 1 is 1.18 bits per heavy atom. The summed E-state index contributed by atoms with van der Waals surface area (Å²) < 4.78 is 39.3. The third kappa shape index (κ3) is 3.43. The van der Waals surface area contributed by atoms with Crippen molar-refractivity contribution < 1.29 is 18.0 Å². The second-order valence-electron chi connectivity index (χ2n) is 4.30. The minimum Gasteiger partial charge on any atom is -0.298 e. The summed E-state index contributed by atoms with van der Waals surface area (Å²) in [5.41, 5.74) is 2.58. The first-order chi connectivity index (χ1) is 10.3. The van der Waals surface area contributed by atoms with Crippen LogP contribution in [-0.4, -0.2) is 15.7 Å². The number of anilines is 1. The van der Waals surface area contributed by atoms with E-state index >= 15 is 0 Å². The van der Waals surface area contributed by atoms with Gasteiger partial charge in [-0.3, -0.25) is 20.4 Å². The van der Waals surface area contributed by atoms with Crippen LogP contribution in [0.5, 0.6) is 0 Å². The van der Waals surface area contributed by atoms with Crippen LogP contribution in [0, 0.1) is 0 Å². The summed E-state index contributed by atoms with van der Waals surface area (Å²) in [5, 5.41) is 3.69. The number of aryl methyl sites for hydroxylation is 1. The number of hydrazine groups is 1. The van der Waals surface area contributed by atoms with Crippen molar-refractivity contribution >= 4 is 11.6 Å². The number of para-hydroxylation sites is 1. The average Bonchev–Trinajstić information content (AvgIpc) is 2.47. The molecule has 0 saturated carbocycles. The smallest absolute Gasteiger partial charge is 0.298 e. The van der Waals surface area contributed by atoms with Crippen molar-refractivity contribution in [3.63, 3.8) is 0 Å². The van der Waals surface area contributed by atoms with E-state index in [-0.39, 0.29) is 11.4 Å². The van der Waals surface area contributed by atoms with Crippen molar-refractivity contribution in [1.82, 2.24) is 15.2 Å². The zero-order valence-corrected chi connectivity index (χ0v) is 11.3. The molecule has 0 aliphatic rings. The highest BCUT2D eigenvalue weighted by atomic mass is 19.4. The van der Waals surface area contributed by atoms with E-state index in [9.17, 15) is 22.8 Å². The summed E-state index contributed by atoms with van der Waals surface area (Å²) in [6, 6.07) is 7.01. The summed E-state index contributed by atoms with van der Waals surface area (Å²) in [6.45, 7) is 0. The summed E-state index contributed by atoms with van der Waals surface area (Å²) in [4.78, 5) is 23.0. The Balaban J connectivity index is 2.15. The van der Waals surface area contributed by atoms with E-state index in [1.165, 1.54) is 31.3 Å². The van der Waals surface area contributed by atoms with Crippen LogP contribution in [-0.2, 0) is 13.2 Å². The molecule has 0 bridgehead atoms. The monoisotopic (exact) mass is 312 g/mol. The van der Waals surface area contributed by atoms with E-state index < -0.39 is 23.2 Å². The first kappa shape index (κ1) is 15.5. The van der Waals surface area contributed by atoms with Crippen LogP contribution in [0.3, 0.4) is 0 Å². The van der Waals surface area contributed by atoms with E-state index in [4.69, 9.17) is 0 Å². The van der Waals surface area contributed by atoms with Gasteiger partial charge in [0.25, 0.3) is 11.5 Å². The molecule has 9 heteroatoms. The number of nitrogens with one attached hydrogen (secondary N) is 2. The molecule has 0 spiro atoms. The van der Waals surface area contributed by atoms with Gasteiger partial charge < -0.3 is 0 Å². The Hall–Kier alpha value is -2.84. The highest BCUT2D eigenvalue weighted by Crippen LogP contribution is 2.34. The van der Waals surface area contributed by atoms with Gasteiger partial charge in [-0.15, -0.1) is 0 Å². The number of rotatable bonds is 3. The van der Waals surface area contributed by atoms with Gasteiger partial charge in [0.15, 0.2) is 5.69 Å². The number of carbonyl (C=O) groups excluding carboxylic acids is 1. The molecule has 0 radical (unpaired) electrons. The molecule has 6 nitrogen and oxygen atoms in total. The number of carbonyl (C=O) groups is 1. The molecule has 0 unspecified atom stereocenters. The van der Waals surface area contributed by atoms with Crippen LogP contribution in [0.25, 0.3) is 0 Å². The number of halogens is 3. The highest BCUT2D eigenvalue weighted by Gasteiger charge is 2.33. The van der Waals surface area contributed by atoms with Crippen molar-refractivity contribution in [2.45, 2.75) is 6.18 Å². The average molecular weight is 312 g/mol. The van der Waals surface area contributed by atoms with Crippen molar-refractivity contribution in [2.75, 3.05) is 5.43 Å². The fourth-order valence-corrected chi connectivity index (χ4v) is 1.65. The molecule has 0 saturated heterocycles. The normalized spacial score (nSPS) is 11.1. The van der Waals surface area contributed by atoms with Gasteiger partial charge in [0.2, 0.25) is 0 Å². The number of hydrogen-bond acceptors (Lipinski definition) is 4. The van der Waals surface area contributed by atoms with E-state index in [0.29, 0.717) is 0 Å². The number of hydrogen-bond donors (Lipinski definition) is 2. The van der Waals surface area contributed by atoms with Gasteiger partial charge in [0.05, 0.1) is 11.3 Å². The molecular formula is C13H11F3N4O2. The van der Waals surface area contributed by atoms with Gasteiger partial charge in [0.1, 0.15) is 0 Å². The second kappa shape index (κ2) is 5.88. The minimum atomic E-state index is -4.55. The number of benzene rings is 1. The van der Waals surface area contributed by atoms with Crippen molar-refractivity contribution in [3.8, 4) is 0 Å². The van der Waals surface area contributed by atoms with Crippen LogP contribution >= 0.6 is 0 Å². The molecule has 1 aromatic carbocycles. The van der Waals surface area contributed by atoms with Gasteiger partial charge in [-0.05, 0) is 18.2 Å². The molecule has 0 atom stereocenters. The minimum absolute atomic E-state index is 0.112. The number of nitrogens with zero attached hydrogens (tertiary/aromatic N) is 2. The molecule has 1 aromatic heterocycles. The maximum atomic E-state index is 12.8. The molecule has 0 fully saturated rings. The number of aromatic nitrogens is 2. The van der Waals surface area contributed by atoms with Gasteiger partial charge in [-0.1, -0.05) is 12.1 Å². The third-order valence-corrected chi connectivity index (χ3v) is 2.74. The fraction of sp³-hybridized carbons (Fsp3) is 0.154. The van der Waals surface area contributed by atoms with Gasteiger partial charge in [-0.25, -0.2) is 4.68 Å². The molecule has 2 rings (SSSR count). The summed E-state index contributed by atoms with van der Waals surface area (Å²) in [7, 11) is 1.35. The quantitative estimate of drug-likeness (QED) is 0.843.